The van der Waals surface area contributed by atoms with E-state index in [1.54, 1.807) is 0 Å². The Bertz CT molecular complexity index is 446. The van der Waals surface area contributed by atoms with Gasteiger partial charge in [-0.1, -0.05) is 0 Å². The molecule has 1 aromatic heterocycles. The number of sulfonamides is 1. The largest absolute Gasteiger partial charge is 0.354 e. The Kier molecular flexibility index (Phi) is 4.66. The van der Waals surface area contributed by atoms with Gasteiger partial charge >= 0.3 is 0 Å². The van der Waals surface area contributed by atoms with E-state index in [1.807, 2.05) is 0 Å². The molecule has 1 aromatic rings. The third kappa shape index (κ3) is 5.40. The van der Waals surface area contributed by atoms with Crippen LogP contribution in [0.15, 0.2) is 0 Å². The van der Waals surface area contributed by atoms with E-state index in [4.69, 9.17) is 28.3 Å². The molecule has 0 fully saturated rings. The van der Waals surface area contributed by atoms with Crippen molar-refractivity contribution in [3.63, 3.8) is 0 Å². The molecule has 90 valence electrons. The van der Waals surface area contributed by atoms with Gasteiger partial charge in [-0.15, -0.1) is 0 Å². The first-order chi connectivity index (χ1) is 7.37. The molecule has 0 amide bonds. The lowest BCUT2D eigenvalue weighted by atomic mass is 10.5. The summed E-state index contributed by atoms with van der Waals surface area (Å²) in [6, 6.07) is 0. The van der Waals surface area contributed by atoms with E-state index in [9.17, 15) is 8.42 Å². The van der Waals surface area contributed by atoms with Crippen molar-refractivity contribution in [1.82, 2.24) is 15.0 Å². The van der Waals surface area contributed by atoms with Crippen LogP contribution in [0.25, 0.3) is 0 Å². The smallest absolute Gasteiger partial charge is 0.228 e. The molecule has 10 heteroatoms. The highest BCUT2D eigenvalue weighted by Crippen LogP contribution is 2.09. The Morgan fingerprint density at radius 2 is 1.75 bits per heavy atom. The Balaban J connectivity index is 2.43. The first kappa shape index (κ1) is 13.4. The maximum absolute atomic E-state index is 10.6. The van der Waals surface area contributed by atoms with E-state index >= 15 is 0 Å². The van der Waals surface area contributed by atoms with Gasteiger partial charge in [0.15, 0.2) is 0 Å². The van der Waals surface area contributed by atoms with Crippen molar-refractivity contribution in [1.29, 1.82) is 0 Å². The number of hydrogen-bond donors (Lipinski definition) is 2. The summed E-state index contributed by atoms with van der Waals surface area (Å²) in [5.74, 6) is 0.0754. The van der Waals surface area contributed by atoms with E-state index in [0.29, 0.717) is 13.0 Å². The minimum atomic E-state index is -3.44. The molecule has 0 unspecified atom stereocenters. The lowest BCUT2D eigenvalue weighted by Crippen LogP contribution is -2.19. The average Bonchev–Trinajstić information content (AvgIpc) is 2.09. The summed E-state index contributed by atoms with van der Waals surface area (Å²) in [6.45, 7) is 0.340. The van der Waals surface area contributed by atoms with Crippen molar-refractivity contribution < 1.29 is 8.42 Å². The van der Waals surface area contributed by atoms with Crippen molar-refractivity contribution in [2.24, 2.45) is 5.14 Å². The van der Waals surface area contributed by atoms with Gasteiger partial charge in [0.2, 0.25) is 26.5 Å². The molecular weight excluding hydrogens is 277 g/mol. The lowest BCUT2D eigenvalue weighted by Gasteiger charge is -2.03. The Morgan fingerprint density at radius 1 is 1.19 bits per heavy atom. The predicted molar refractivity (Wildman–Crippen MR) is 60.9 cm³/mol. The van der Waals surface area contributed by atoms with Crippen LogP contribution in [0.1, 0.15) is 6.42 Å². The maximum atomic E-state index is 10.6. The first-order valence-electron chi connectivity index (χ1n) is 4.18. The third-order valence-corrected chi connectivity index (χ3v) is 2.67. The number of halogens is 2. The lowest BCUT2D eigenvalue weighted by molar-refractivity contribution is 0.595. The molecule has 0 saturated heterocycles. The maximum Gasteiger partial charge on any atom is 0.228 e. The summed E-state index contributed by atoms with van der Waals surface area (Å²) in [5.41, 5.74) is 0. The number of rotatable bonds is 5. The summed E-state index contributed by atoms with van der Waals surface area (Å²) in [7, 11) is -3.44. The fraction of sp³-hybridized carbons (Fsp3) is 0.500. The monoisotopic (exact) mass is 285 g/mol. The molecule has 0 bridgehead atoms. The molecule has 0 aliphatic heterocycles. The summed E-state index contributed by atoms with van der Waals surface area (Å²) in [6.07, 6.45) is 0.333. The summed E-state index contributed by atoms with van der Waals surface area (Å²) < 4.78 is 21.2. The van der Waals surface area contributed by atoms with Crippen LogP contribution in [-0.2, 0) is 10.0 Å². The number of aromatic nitrogens is 3. The number of nitrogens with one attached hydrogen (secondary N) is 1. The van der Waals surface area contributed by atoms with Crippen molar-refractivity contribution in [3.8, 4) is 0 Å². The molecule has 16 heavy (non-hydrogen) atoms. The molecule has 0 atom stereocenters. The Hall–Kier alpha value is -0.700. The third-order valence-electron chi connectivity index (χ3n) is 1.47. The van der Waals surface area contributed by atoms with Crippen molar-refractivity contribution in [3.05, 3.63) is 10.6 Å². The molecule has 0 aliphatic carbocycles. The quantitative estimate of drug-likeness (QED) is 0.751. The van der Waals surface area contributed by atoms with Crippen LogP contribution in [0, 0.1) is 0 Å². The van der Waals surface area contributed by atoms with E-state index in [1.165, 1.54) is 0 Å². The summed E-state index contributed by atoms with van der Waals surface area (Å²) in [5, 5.41) is 7.51. The standard InChI is InChI=1S/C6H9Cl2N5O2S/c7-4-11-5(8)13-6(12-4)10-2-1-3-16(9,14)15/h1-3H2,(H2,9,14,15)(H,10,11,12,13). The average molecular weight is 286 g/mol. The van der Waals surface area contributed by atoms with Crippen LogP contribution in [0.5, 0.6) is 0 Å². The molecule has 1 heterocycles. The van der Waals surface area contributed by atoms with Crippen LogP contribution in [-0.4, -0.2) is 35.7 Å². The van der Waals surface area contributed by atoms with Crippen LogP contribution >= 0.6 is 23.2 Å². The van der Waals surface area contributed by atoms with Gasteiger partial charge in [-0.3, -0.25) is 0 Å². The zero-order chi connectivity index (χ0) is 12.2. The molecule has 0 radical (unpaired) electrons. The van der Waals surface area contributed by atoms with Gasteiger partial charge in [-0.05, 0) is 29.6 Å². The Morgan fingerprint density at radius 3 is 2.25 bits per heavy atom. The van der Waals surface area contributed by atoms with E-state index in [2.05, 4.69) is 20.3 Å². The van der Waals surface area contributed by atoms with Gasteiger partial charge in [0.05, 0.1) is 5.75 Å². The number of hydrogen-bond acceptors (Lipinski definition) is 6. The zero-order valence-corrected chi connectivity index (χ0v) is 10.3. The highest BCUT2D eigenvalue weighted by molar-refractivity contribution is 7.89. The first-order valence-corrected chi connectivity index (χ1v) is 6.65. The van der Waals surface area contributed by atoms with E-state index in [0.717, 1.165) is 0 Å². The van der Waals surface area contributed by atoms with Crippen LogP contribution < -0.4 is 10.5 Å². The van der Waals surface area contributed by atoms with Gasteiger partial charge in [-0.2, -0.15) is 15.0 Å². The van der Waals surface area contributed by atoms with Crippen LogP contribution in [0.4, 0.5) is 5.95 Å². The van der Waals surface area contributed by atoms with Crippen molar-refractivity contribution in [2.45, 2.75) is 6.42 Å². The van der Waals surface area contributed by atoms with Crippen LogP contribution in [0.3, 0.4) is 0 Å². The fourth-order valence-electron chi connectivity index (χ4n) is 0.879. The molecule has 0 saturated carbocycles. The molecule has 3 N–H and O–H groups in total. The van der Waals surface area contributed by atoms with Crippen molar-refractivity contribution in [2.75, 3.05) is 17.6 Å². The van der Waals surface area contributed by atoms with Crippen molar-refractivity contribution >= 4 is 39.2 Å². The summed E-state index contributed by atoms with van der Waals surface area (Å²) >= 11 is 11.1. The van der Waals surface area contributed by atoms with Gasteiger partial charge in [-0.25, -0.2) is 13.6 Å². The number of nitrogens with two attached hydrogens (primary N) is 1. The SMILES string of the molecule is NS(=O)(=O)CCCNc1nc(Cl)nc(Cl)n1. The molecular formula is C6H9Cl2N5O2S. The van der Waals surface area contributed by atoms with Gasteiger partial charge in [0.25, 0.3) is 0 Å². The van der Waals surface area contributed by atoms with Gasteiger partial charge < -0.3 is 5.32 Å². The minimum absolute atomic E-state index is 0.0334. The summed E-state index contributed by atoms with van der Waals surface area (Å²) in [4.78, 5) is 11.0. The molecule has 7 nitrogen and oxygen atoms in total. The van der Waals surface area contributed by atoms with Gasteiger partial charge in [0.1, 0.15) is 0 Å². The fourth-order valence-corrected chi connectivity index (χ4v) is 1.79. The predicted octanol–water partition coefficient (Wildman–Crippen LogP) is 0.269. The van der Waals surface area contributed by atoms with E-state index < -0.39 is 10.0 Å². The van der Waals surface area contributed by atoms with E-state index in [-0.39, 0.29) is 22.3 Å². The molecule has 0 spiro atoms. The number of nitrogens with zero attached hydrogens (tertiary/aromatic N) is 3. The Labute approximate surface area is 102 Å². The number of anilines is 1. The molecule has 1 rings (SSSR count). The highest BCUT2D eigenvalue weighted by atomic mass is 35.5. The van der Waals surface area contributed by atoms with Gasteiger partial charge in [0, 0.05) is 6.54 Å². The zero-order valence-electron chi connectivity index (χ0n) is 8.02. The normalized spacial score (nSPS) is 11.4. The molecule has 0 aromatic carbocycles. The second kappa shape index (κ2) is 5.58. The second-order valence-electron chi connectivity index (χ2n) is 2.84. The topological polar surface area (TPSA) is 111 Å². The second-order valence-corrected chi connectivity index (χ2v) is 5.25. The number of primary sulfonamides is 1. The molecule has 0 aliphatic rings. The minimum Gasteiger partial charge on any atom is -0.354 e. The highest BCUT2D eigenvalue weighted by Gasteiger charge is 2.04. The van der Waals surface area contributed by atoms with Crippen LogP contribution in [0.2, 0.25) is 10.6 Å².